The standard InChI is InChI=1S/C11H24N2O2S/c1-4-10(5-2)13-11(14)9-12-7-6-8-16(3)15/h10,12H,4-9H2,1-3H3,(H,13,14). The number of hydrogen-bond donors (Lipinski definition) is 2. The van der Waals surface area contributed by atoms with Gasteiger partial charge in [0, 0.05) is 28.9 Å². The Morgan fingerprint density at radius 1 is 1.31 bits per heavy atom. The van der Waals surface area contributed by atoms with Crippen molar-refractivity contribution in [2.24, 2.45) is 0 Å². The lowest BCUT2D eigenvalue weighted by atomic mass is 10.2. The maximum absolute atomic E-state index is 11.4. The molecule has 0 saturated carbocycles. The van der Waals surface area contributed by atoms with E-state index in [-0.39, 0.29) is 11.9 Å². The fraction of sp³-hybridized carbons (Fsp3) is 0.909. The quantitative estimate of drug-likeness (QED) is 0.589. The van der Waals surface area contributed by atoms with Gasteiger partial charge >= 0.3 is 0 Å². The van der Waals surface area contributed by atoms with E-state index in [0.29, 0.717) is 12.3 Å². The predicted octanol–water partition coefficient (Wildman–Crippen LogP) is 0.649. The van der Waals surface area contributed by atoms with Crippen LogP contribution in [0.15, 0.2) is 0 Å². The van der Waals surface area contributed by atoms with E-state index in [4.69, 9.17) is 0 Å². The third kappa shape index (κ3) is 8.85. The molecule has 1 amide bonds. The second-order valence-corrected chi connectivity index (χ2v) is 5.44. The summed E-state index contributed by atoms with van der Waals surface area (Å²) >= 11 is 0. The number of amides is 1. The lowest BCUT2D eigenvalue weighted by Gasteiger charge is -2.14. The van der Waals surface area contributed by atoms with Crippen LogP contribution < -0.4 is 10.6 Å². The zero-order chi connectivity index (χ0) is 12.4. The van der Waals surface area contributed by atoms with Crippen LogP contribution in [0.4, 0.5) is 0 Å². The number of nitrogens with one attached hydrogen (secondary N) is 2. The van der Waals surface area contributed by atoms with E-state index in [9.17, 15) is 9.00 Å². The highest BCUT2D eigenvalue weighted by atomic mass is 32.2. The molecule has 0 bridgehead atoms. The van der Waals surface area contributed by atoms with Crippen molar-refractivity contribution in [3.8, 4) is 0 Å². The molecule has 0 radical (unpaired) electrons. The van der Waals surface area contributed by atoms with Crippen LogP contribution in [-0.4, -0.2) is 41.3 Å². The molecule has 0 aliphatic heterocycles. The van der Waals surface area contributed by atoms with Gasteiger partial charge in [0.2, 0.25) is 5.91 Å². The van der Waals surface area contributed by atoms with Gasteiger partial charge in [-0.05, 0) is 25.8 Å². The summed E-state index contributed by atoms with van der Waals surface area (Å²) in [5, 5.41) is 6.00. The number of carbonyl (C=O) groups is 1. The Morgan fingerprint density at radius 3 is 2.44 bits per heavy atom. The Balaban J connectivity index is 3.46. The molecular formula is C11H24N2O2S. The molecule has 0 aromatic heterocycles. The van der Waals surface area contributed by atoms with Crippen LogP contribution in [0.25, 0.3) is 0 Å². The molecule has 0 aliphatic rings. The van der Waals surface area contributed by atoms with Crippen LogP contribution >= 0.6 is 0 Å². The van der Waals surface area contributed by atoms with Gasteiger partial charge in [0.15, 0.2) is 0 Å². The van der Waals surface area contributed by atoms with Crippen LogP contribution in [0, 0.1) is 0 Å². The normalized spacial score (nSPS) is 12.8. The minimum absolute atomic E-state index is 0.0475. The average molecular weight is 248 g/mol. The van der Waals surface area contributed by atoms with E-state index in [1.165, 1.54) is 0 Å². The van der Waals surface area contributed by atoms with Crippen molar-refractivity contribution < 1.29 is 9.00 Å². The van der Waals surface area contributed by atoms with Crippen LogP contribution in [-0.2, 0) is 15.6 Å². The lowest BCUT2D eigenvalue weighted by molar-refractivity contribution is -0.121. The third-order valence-corrected chi connectivity index (χ3v) is 3.29. The van der Waals surface area contributed by atoms with E-state index < -0.39 is 10.8 Å². The SMILES string of the molecule is CCC(CC)NC(=O)CNCCCS(C)=O. The maximum Gasteiger partial charge on any atom is 0.234 e. The summed E-state index contributed by atoms with van der Waals surface area (Å²) < 4.78 is 10.8. The Morgan fingerprint density at radius 2 is 1.94 bits per heavy atom. The topological polar surface area (TPSA) is 58.2 Å². The van der Waals surface area contributed by atoms with Gasteiger partial charge in [-0.15, -0.1) is 0 Å². The molecule has 0 spiro atoms. The summed E-state index contributed by atoms with van der Waals surface area (Å²) in [7, 11) is -0.732. The van der Waals surface area contributed by atoms with Crippen LogP contribution in [0.3, 0.4) is 0 Å². The highest BCUT2D eigenvalue weighted by Gasteiger charge is 2.06. The molecular weight excluding hydrogens is 224 g/mol. The molecule has 4 nitrogen and oxygen atoms in total. The predicted molar refractivity (Wildman–Crippen MR) is 68.9 cm³/mol. The van der Waals surface area contributed by atoms with Crippen molar-refractivity contribution in [2.45, 2.75) is 39.2 Å². The zero-order valence-electron chi connectivity index (χ0n) is 10.5. The molecule has 2 N–H and O–H groups in total. The summed E-state index contributed by atoms with van der Waals surface area (Å²) in [6, 6.07) is 0.289. The van der Waals surface area contributed by atoms with E-state index in [0.717, 1.165) is 25.8 Å². The third-order valence-electron chi connectivity index (χ3n) is 2.42. The smallest absolute Gasteiger partial charge is 0.234 e. The van der Waals surface area contributed by atoms with E-state index in [2.05, 4.69) is 24.5 Å². The summed E-state index contributed by atoms with van der Waals surface area (Å²) in [5.41, 5.74) is 0. The number of carbonyl (C=O) groups excluding carboxylic acids is 1. The van der Waals surface area contributed by atoms with Crippen molar-refractivity contribution in [1.82, 2.24) is 10.6 Å². The molecule has 0 aromatic rings. The summed E-state index contributed by atoms with van der Waals surface area (Å²) in [4.78, 5) is 11.4. The first-order chi connectivity index (χ1) is 7.60. The van der Waals surface area contributed by atoms with E-state index in [1.807, 2.05) is 0 Å². The molecule has 0 fully saturated rings. The highest BCUT2D eigenvalue weighted by Crippen LogP contribution is 1.94. The van der Waals surface area contributed by atoms with Gasteiger partial charge in [0.05, 0.1) is 6.54 Å². The Kier molecular flexibility index (Phi) is 9.52. The molecule has 1 atom stereocenters. The van der Waals surface area contributed by atoms with Crippen LogP contribution in [0.1, 0.15) is 33.1 Å². The van der Waals surface area contributed by atoms with Gasteiger partial charge in [0.1, 0.15) is 0 Å². The number of hydrogen-bond acceptors (Lipinski definition) is 3. The van der Waals surface area contributed by atoms with Crippen LogP contribution in [0.5, 0.6) is 0 Å². The fourth-order valence-corrected chi connectivity index (χ4v) is 1.92. The molecule has 0 aliphatic carbocycles. The fourth-order valence-electron chi connectivity index (χ4n) is 1.37. The molecule has 16 heavy (non-hydrogen) atoms. The second kappa shape index (κ2) is 9.78. The minimum atomic E-state index is -0.732. The highest BCUT2D eigenvalue weighted by molar-refractivity contribution is 7.84. The van der Waals surface area contributed by atoms with Gasteiger partial charge in [-0.1, -0.05) is 13.8 Å². The van der Waals surface area contributed by atoms with E-state index >= 15 is 0 Å². The second-order valence-electron chi connectivity index (χ2n) is 3.89. The minimum Gasteiger partial charge on any atom is -0.352 e. The average Bonchev–Trinajstić information content (AvgIpc) is 2.25. The first-order valence-electron chi connectivity index (χ1n) is 5.90. The Hall–Kier alpha value is -0.420. The van der Waals surface area contributed by atoms with Crippen molar-refractivity contribution >= 4 is 16.7 Å². The van der Waals surface area contributed by atoms with Gasteiger partial charge in [0.25, 0.3) is 0 Å². The van der Waals surface area contributed by atoms with Gasteiger partial charge in [-0.2, -0.15) is 0 Å². The number of rotatable bonds is 9. The molecule has 0 saturated heterocycles. The van der Waals surface area contributed by atoms with E-state index in [1.54, 1.807) is 6.26 Å². The molecule has 0 aromatic carbocycles. The van der Waals surface area contributed by atoms with Gasteiger partial charge < -0.3 is 10.6 Å². The molecule has 0 rings (SSSR count). The summed E-state index contributed by atoms with van der Waals surface area (Å²) in [6.45, 7) is 5.24. The molecule has 5 heteroatoms. The van der Waals surface area contributed by atoms with Gasteiger partial charge in [-0.25, -0.2) is 0 Å². The zero-order valence-corrected chi connectivity index (χ0v) is 11.4. The van der Waals surface area contributed by atoms with Crippen LogP contribution in [0.2, 0.25) is 0 Å². The first kappa shape index (κ1) is 15.6. The Bertz CT molecular complexity index is 218. The van der Waals surface area contributed by atoms with Crippen molar-refractivity contribution in [3.63, 3.8) is 0 Å². The van der Waals surface area contributed by atoms with Crippen molar-refractivity contribution in [2.75, 3.05) is 25.1 Å². The summed E-state index contributed by atoms with van der Waals surface area (Å²) in [6.07, 6.45) is 4.48. The first-order valence-corrected chi connectivity index (χ1v) is 7.62. The lowest BCUT2D eigenvalue weighted by Crippen LogP contribution is -2.40. The molecule has 96 valence electrons. The molecule has 1 unspecified atom stereocenters. The van der Waals surface area contributed by atoms with Crippen molar-refractivity contribution in [1.29, 1.82) is 0 Å². The summed E-state index contributed by atoms with van der Waals surface area (Å²) in [5.74, 6) is 0.743. The van der Waals surface area contributed by atoms with Crippen molar-refractivity contribution in [3.05, 3.63) is 0 Å². The molecule has 0 heterocycles. The monoisotopic (exact) mass is 248 g/mol. The van der Waals surface area contributed by atoms with Gasteiger partial charge in [-0.3, -0.25) is 9.00 Å². The Labute approximate surface area is 101 Å². The maximum atomic E-state index is 11.4. The largest absolute Gasteiger partial charge is 0.352 e.